The van der Waals surface area contributed by atoms with Crippen LogP contribution in [0, 0.1) is 5.92 Å². The number of rotatable bonds is 8. The molecule has 1 amide bonds. The summed E-state index contributed by atoms with van der Waals surface area (Å²) >= 11 is 0. The van der Waals surface area contributed by atoms with E-state index in [-0.39, 0.29) is 42.1 Å². The van der Waals surface area contributed by atoms with E-state index in [9.17, 15) is 44.7 Å². The molecule has 0 N–H and O–H groups in total. The van der Waals surface area contributed by atoms with Gasteiger partial charge in [-0.25, -0.2) is 23.5 Å². The second-order valence-electron chi connectivity index (χ2n) is 13.3. The summed E-state index contributed by atoms with van der Waals surface area (Å²) in [6.07, 6.45) is -8.76. The molecule has 2 aliphatic heterocycles. The highest BCUT2D eigenvalue weighted by Gasteiger charge is 2.46. The first-order valence-electron chi connectivity index (χ1n) is 16.4. The van der Waals surface area contributed by atoms with E-state index < -0.39 is 66.3 Å². The highest BCUT2D eigenvalue weighted by atomic mass is 19.4. The fraction of sp³-hybridized carbons (Fsp3) is 0.486. The van der Waals surface area contributed by atoms with E-state index in [1.165, 1.54) is 32.2 Å². The summed E-state index contributed by atoms with van der Waals surface area (Å²) in [4.78, 5) is 36.6. The van der Waals surface area contributed by atoms with Gasteiger partial charge in [-0.2, -0.15) is 26.3 Å². The number of hydrogen-bond donors (Lipinski definition) is 0. The Morgan fingerprint density at radius 1 is 0.923 bits per heavy atom. The molecule has 3 fully saturated rings. The zero-order valence-corrected chi connectivity index (χ0v) is 28.2. The molecular formula is C35H34F8N4O5. The molecule has 2 saturated heterocycles. The molecule has 52 heavy (non-hydrogen) atoms. The Hall–Kier alpha value is -4.70. The van der Waals surface area contributed by atoms with Crippen LogP contribution in [0.2, 0.25) is 0 Å². The molecule has 280 valence electrons. The Morgan fingerprint density at radius 3 is 2.12 bits per heavy atom. The summed E-state index contributed by atoms with van der Waals surface area (Å²) < 4.78 is 125. The largest absolute Gasteiger partial charge is 0.496 e. The zero-order chi connectivity index (χ0) is 37.7. The Bertz CT molecular complexity index is 1800. The molecule has 2 atom stereocenters. The van der Waals surface area contributed by atoms with Crippen LogP contribution in [0.4, 0.5) is 45.9 Å². The number of esters is 1. The molecule has 6 rings (SSSR count). The molecule has 0 unspecified atom stereocenters. The minimum Gasteiger partial charge on any atom is -0.496 e. The number of amides is 1. The number of aromatic nitrogens is 2. The van der Waals surface area contributed by atoms with E-state index in [1.807, 2.05) is 12.1 Å². The van der Waals surface area contributed by atoms with Gasteiger partial charge < -0.3 is 19.1 Å². The third-order valence-electron chi connectivity index (χ3n) is 9.88. The van der Waals surface area contributed by atoms with Gasteiger partial charge in [0.1, 0.15) is 11.9 Å². The van der Waals surface area contributed by atoms with Crippen molar-refractivity contribution < 1.29 is 58.9 Å². The molecule has 1 aliphatic carbocycles. The van der Waals surface area contributed by atoms with Gasteiger partial charge in [-0.1, -0.05) is 6.07 Å². The molecule has 9 nitrogen and oxygen atoms in total. The van der Waals surface area contributed by atoms with Gasteiger partial charge in [-0.15, -0.1) is 0 Å². The van der Waals surface area contributed by atoms with Crippen LogP contribution in [0.25, 0.3) is 11.1 Å². The van der Waals surface area contributed by atoms with Gasteiger partial charge in [0.05, 0.1) is 62.6 Å². The third-order valence-corrected chi connectivity index (χ3v) is 9.88. The molecule has 2 aromatic carbocycles. The maximum atomic E-state index is 13.8. The number of carbonyl (C=O) groups is 2. The first kappa shape index (κ1) is 37.1. The van der Waals surface area contributed by atoms with Crippen molar-refractivity contribution in [1.82, 2.24) is 14.9 Å². The van der Waals surface area contributed by atoms with Crippen molar-refractivity contribution in [2.45, 2.75) is 75.5 Å². The molecule has 1 saturated carbocycles. The number of nitrogens with zero attached hydrogens (tertiary/aromatic N) is 4. The molecule has 3 aliphatic rings. The minimum absolute atomic E-state index is 0.0109. The van der Waals surface area contributed by atoms with E-state index in [2.05, 4.69) is 9.97 Å². The van der Waals surface area contributed by atoms with Crippen LogP contribution in [0.3, 0.4) is 0 Å². The molecule has 0 spiro atoms. The van der Waals surface area contributed by atoms with Crippen LogP contribution in [-0.4, -0.2) is 66.2 Å². The average Bonchev–Trinajstić information content (AvgIpc) is 3.37. The Morgan fingerprint density at radius 2 is 1.56 bits per heavy atom. The van der Waals surface area contributed by atoms with Gasteiger partial charge in [0.25, 0.3) is 5.92 Å². The molecule has 0 radical (unpaired) electrons. The average molecular weight is 743 g/mol. The third kappa shape index (κ3) is 7.44. The van der Waals surface area contributed by atoms with E-state index in [0.29, 0.717) is 54.7 Å². The smallest absolute Gasteiger partial charge is 0.416 e. The first-order chi connectivity index (χ1) is 24.4. The summed E-state index contributed by atoms with van der Waals surface area (Å²) in [5, 5.41) is 0. The number of anilines is 1. The monoisotopic (exact) mass is 742 g/mol. The second-order valence-corrected chi connectivity index (χ2v) is 13.3. The molecule has 3 heterocycles. The fourth-order valence-electron chi connectivity index (χ4n) is 7.04. The van der Waals surface area contributed by atoms with Crippen molar-refractivity contribution in [3.8, 4) is 16.9 Å². The number of halogens is 8. The Balaban J connectivity index is 1.36. The lowest BCUT2D eigenvalue weighted by Crippen LogP contribution is -2.57. The van der Waals surface area contributed by atoms with Gasteiger partial charge in [0, 0.05) is 17.3 Å². The lowest BCUT2D eigenvalue weighted by molar-refractivity contribution is -0.147. The summed E-state index contributed by atoms with van der Waals surface area (Å²) in [5.41, 5.74) is -1.72. The van der Waals surface area contributed by atoms with Crippen LogP contribution in [-0.2, 0) is 33.2 Å². The lowest BCUT2D eigenvalue weighted by atomic mass is 9.78. The summed E-state index contributed by atoms with van der Waals surface area (Å²) in [6, 6.07) is 5.41. The quantitative estimate of drug-likeness (QED) is 0.169. The highest BCUT2D eigenvalue weighted by molar-refractivity contribution is 5.76. The number of cyclic esters (lactones) is 1. The topological polar surface area (TPSA) is 94.1 Å². The summed E-state index contributed by atoms with van der Waals surface area (Å²) in [6.45, 7) is -0.263. The summed E-state index contributed by atoms with van der Waals surface area (Å²) in [5.74, 6) is -3.04. The van der Waals surface area contributed by atoms with Gasteiger partial charge in [-0.3, -0.25) is 9.69 Å². The molecule has 3 aromatic rings. The lowest BCUT2D eigenvalue weighted by Gasteiger charge is -2.38. The van der Waals surface area contributed by atoms with Crippen molar-refractivity contribution in [3.05, 3.63) is 70.5 Å². The van der Waals surface area contributed by atoms with Crippen LogP contribution in [0.5, 0.6) is 5.75 Å². The normalized spacial score (nSPS) is 23.2. The SMILES string of the molecule is COC(=O)C1CCC(c2ccc(OC)c(-c3cnc(N4CC(F)(F)C4)nc3CN3C(=O)O[C@H](c4cc(C(F)(F)F)cc(C(F)(F)F)c4)[C@@H]3C)c2)CC1. The summed E-state index contributed by atoms with van der Waals surface area (Å²) in [7, 11) is 2.78. The van der Waals surface area contributed by atoms with Crippen molar-refractivity contribution in [3.63, 3.8) is 0 Å². The standard InChI is InChI=1S/C35H34F8N4O5/c1-18-29(22-10-23(34(38,39)40)13-24(11-22)35(41,42)43)52-32(49)47(18)15-27-26(14-44-31(45-27)46-16-33(36,37)17-46)25-12-21(8-9-28(25)50-2)19-4-6-20(7-5-19)30(48)51-3/h8-14,18-20,29H,4-7,15-17H2,1-3H3/t18-,19?,20?,29-/m0/s1. The highest BCUT2D eigenvalue weighted by Crippen LogP contribution is 2.44. The van der Waals surface area contributed by atoms with Crippen LogP contribution in [0.15, 0.2) is 42.6 Å². The molecule has 0 bridgehead atoms. The number of alkyl halides is 8. The Labute approximate surface area is 292 Å². The fourth-order valence-corrected chi connectivity index (χ4v) is 7.04. The van der Waals surface area contributed by atoms with Crippen molar-refractivity contribution in [2.75, 3.05) is 32.2 Å². The van der Waals surface area contributed by atoms with Crippen LogP contribution >= 0.6 is 0 Å². The molecule has 1 aromatic heterocycles. The number of benzene rings is 2. The zero-order valence-electron chi connectivity index (χ0n) is 28.2. The predicted molar refractivity (Wildman–Crippen MR) is 169 cm³/mol. The minimum atomic E-state index is -5.12. The van der Waals surface area contributed by atoms with E-state index >= 15 is 0 Å². The van der Waals surface area contributed by atoms with Crippen LogP contribution in [0.1, 0.15) is 72.6 Å². The van der Waals surface area contributed by atoms with E-state index in [0.717, 1.165) is 10.5 Å². The number of hydrogen-bond acceptors (Lipinski definition) is 8. The second kappa shape index (κ2) is 13.7. The van der Waals surface area contributed by atoms with E-state index in [1.54, 1.807) is 6.07 Å². The maximum Gasteiger partial charge on any atom is 0.416 e. The van der Waals surface area contributed by atoms with Crippen molar-refractivity contribution in [2.24, 2.45) is 5.92 Å². The van der Waals surface area contributed by atoms with Crippen molar-refractivity contribution >= 4 is 18.0 Å². The maximum absolute atomic E-state index is 13.8. The molecular weight excluding hydrogens is 708 g/mol. The van der Waals surface area contributed by atoms with Crippen molar-refractivity contribution in [1.29, 1.82) is 0 Å². The number of ether oxygens (including phenoxy) is 3. The number of methoxy groups -OCH3 is 2. The Kier molecular flexibility index (Phi) is 9.76. The van der Waals surface area contributed by atoms with Gasteiger partial charge >= 0.3 is 24.4 Å². The van der Waals surface area contributed by atoms with Crippen LogP contribution < -0.4 is 9.64 Å². The van der Waals surface area contributed by atoms with Gasteiger partial charge in [-0.05, 0) is 80.0 Å². The van der Waals surface area contributed by atoms with Gasteiger partial charge in [0.15, 0.2) is 0 Å². The molecule has 17 heteroatoms. The predicted octanol–water partition coefficient (Wildman–Crippen LogP) is 8.17. The van der Waals surface area contributed by atoms with E-state index in [4.69, 9.17) is 14.2 Å². The van der Waals surface area contributed by atoms with Gasteiger partial charge in [0.2, 0.25) is 5.95 Å². The first-order valence-corrected chi connectivity index (χ1v) is 16.4. The number of carbonyl (C=O) groups excluding carboxylic acids is 2.